The van der Waals surface area contributed by atoms with E-state index in [1.54, 1.807) is 11.9 Å². The van der Waals surface area contributed by atoms with Crippen LogP contribution >= 0.6 is 12.6 Å². The molecule has 0 bridgehead atoms. The van der Waals surface area contributed by atoms with E-state index in [2.05, 4.69) is 25.8 Å². The molecule has 0 aromatic carbocycles. The fourth-order valence-electron chi connectivity index (χ4n) is 2.14. The first kappa shape index (κ1) is 19.2. The Morgan fingerprint density at radius 2 is 1.96 bits per heavy atom. The molecule has 0 saturated carbocycles. The number of hydrogen-bond donors (Lipinski definition) is 1. The van der Waals surface area contributed by atoms with Crippen molar-refractivity contribution in [2.24, 2.45) is 0 Å². The first-order valence-electron chi connectivity index (χ1n) is 7.37. The predicted molar refractivity (Wildman–Crippen MR) is 92.7 cm³/mol. The standard InChI is InChI=1S/C16H24N2O4S/c1-4-9-21-15(19)17(3)8-6-7-13-11-14(23)12-18(13)16(20)22-10-5-2/h4-7,13-14,23H,1-2,8-12H2,3H3. The summed E-state index contributed by atoms with van der Waals surface area (Å²) < 4.78 is 10.00. The second-order valence-corrected chi connectivity index (χ2v) is 5.88. The molecule has 1 heterocycles. The maximum absolute atomic E-state index is 12.0. The number of carbonyl (C=O) groups is 2. The zero-order chi connectivity index (χ0) is 17.2. The van der Waals surface area contributed by atoms with Crippen LogP contribution in [-0.4, -0.2) is 66.6 Å². The summed E-state index contributed by atoms with van der Waals surface area (Å²) in [5, 5.41) is 0.108. The van der Waals surface area contributed by atoms with Crippen LogP contribution in [0.25, 0.3) is 0 Å². The number of thiol groups is 1. The molecular weight excluding hydrogens is 316 g/mol. The number of rotatable bonds is 7. The number of ether oxygens (including phenoxy) is 2. The molecule has 1 fully saturated rings. The molecule has 1 saturated heterocycles. The van der Waals surface area contributed by atoms with Crippen LogP contribution in [0.3, 0.4) is 0 Å². The Balaban J connectivity index is 2.52. The quantitative estimate of drug-likeness (QED) is 0.571. The Hall–Kier alpha value is -1.89. The zero-order valence-electron chi connectivity index (χ0n) is 13.4. The molecule has 6 nitrogen and oxygen atoms in total. The number of hydrogen-bond acceptors (Lipinski definition) is 5. The summed E-state index contributed by atoms with van der Waals surface area (Å²) in [4.78, 5) is 26.6. The predicted octanol–water partition coefficient (Wildman–Crippen LogP) is 2.49. The van der Waals surface area contributed by atoms with Crippen molar-refractivity contribution in [2.75, 3.05) is 33.4 Å². The summed E-state index contributed by atoms with van der Waals surface area (Å²) in [7, 11) is 1.64. The number of nitrogens with zero attached hydrogens (tertiary/aromatic N) is 2. The van der Waals surface area contributed by atoms with Gasteiger partial charge in [-0.25, -0.2) is 9.59 Å². The average Bonchev–Trinajstić information content (AvgIpc) is 2.90. The van der Waals surface area contributed by atoms with E-state index in [0.717, 1.165) is 6.42 Å². The van der Waals surface area contributed by atoms with Gasteiger partial charge < -0.3 is 19.3 Å². The third kappa shape index (κ3) is 6.40. The van der Waals surface area contributed by atoms with Crippen molar-refractivity contribution in [3.63, 3.8) is 0 Å². The minimum absolute atomic E-state index is 0.0904. The Bertz CT molecular complexity index is 467. The van der Waals surface area contributed by atoms with Gasteiger partial charge in [0, 0.05) is 25.4 Å². The largest absolute Gasteiger partial charge is 0.445 e. The van der Waals surface area contributed by atoms with Gasteiger partial charge in [-0.15, -0.1) is 0 Å². The molecule has 0 radical (unpaired) electrons. The molecule has 1 aliphatic rings. The van der Waals surface area contributed by atoms with E-state index in [4.69, 9.17) is 9.47 Å². The first-order valence-corrected chi connectivity index (χ1v) is 7.89. The number of likely N-dealkylation sites (N-methyl/N-ethyl adjacent to an activating group) is 1. The monoisotopic (exact) mass is 340 g/mol. The smallest absolute Gasteiger partial charge is 0.410 e. The summed E-state index contributed by atoms with van der Waals surface area (Å²) in [6, 6.07) is -0.0904. The molecule has 0 aromatic rings. The number of likely N-dealkylation sites (tertiary alicyclic amines) is 1. The van der Waals surface area contributed by atoms with E-state index in [0.29, 0.717) is 13.1 Å². The molecule has 0 aliphatic carbocycles. The lowest BCUT2D eigenvalue weighted by molar-refractivity contribution is 0.113. The van der Waals surface area contributed by atoms with Gasteiger partial charge in [-0.05, 0) is 6.42 Å². The summed E-state index contributed by atoms with van der Waals surface area (Å²) in [6.07, 6.45) is 6.71. The van der Waals surface area contributed by atoms with E-state index < -0.39 is 6.09 Å². The van der Waals surface area contributed by atoms with Crippen molar-refractivity contribution in [3.8, 4) is 0 Å². The lowest BCUT2D eigenvalue weighted by Crippen LogP contribution is -2.35. The van der Waals surface area contributed by atoms with Crippen LogP contribution in [-0.2, 0) is 9.47 Å². The maximum atomic E-state index is 12.0. The summed E-state index contributed by atoms with van der Waals surface area (Å²) in [6.45, 7) is 8.29. The molecule has 1 aliphatic heterocycles. The lowest BCUT2D eigenvalue weighted by atomic mass is 10.2. The second-order valence-electron chi connectivity index (χ2n) is 5.15. The Labute approximate surface area is 142 Å². The zero-order valence-corrected chi connectivity index (χ0v) is 14.3. The van der Waals surface area contributed by atoms with Crippen LogP contribution in [0.1, 0.15) is 6.42 Å². The van der Waals surface area contributed by atoms with Gasteiger partial charge in [0.25, 0.3) is 0 Å². The van der Waals surface area contributed by atoms with Crippen molar-refractivity contribution >= 4 is 24.8 Å². The highest BCUT2D eigenvalue weighted by molar-refractivity contribution is 7.81. The Kier molecular flexibility index (Phi) is 8.32. The minimum Gasteiger partial charge on any atom is -0.445 e. The molecule has 0 spiro atoms. The van der Waals surface area contributed by atoms with Crippen molar-refractivity contribution in [2.45, 2.75) is 17.7 Å². The van der Waals surface area contributed by atoms with Crippen LogP contribution in [0.15, 0.2) is 37.5 Å². The van der Waals surface area contributed by atoms with Crippen molar-refractivity contribution in [1.82, 2.24) is 9.80 Å². The molecule has 1 rings (SSSR count). The van der Waals surface area contributed by atoms with Crippen LogP contribution in [0.2, 0.25) is 0 Å². The third-order valence-electron chi connectivity index (χ3n) is 3.25. The highest BCUT2D eigenvalue weighted by Gasteiger charge is 2.32. The molecule has 2 unspecified atom stereocenters. The lowest BCUT2D eigenvalue weighted by Gasteiger charge is -2.21. The molecule has 0 aromatic heterocycles. The molecule has 0 N–H and O–H groups in total. The number of amides is 2. The topological polar surface area (TPSA) is 59.1 Å². The van der Waals surface area contributed by atoms with E-state index in [1.165, 1.54) is 17.1 Å². The highest BCUT2D eigenvalue weighted by atomic mass is 32.1. The SMILES string of the molecule is C=CCOC(=O)N(C)CC=CC1CC(S)CN1C(=O)OCC=C. The van der Waals surface area contributed by atoms with Crippen LogP contribution < -0.4 is 0 Å². The molecular formula is C16H24N2O4S. The second kappa shape index (κ2) is 9.99. The summed E-state index contributed by atoms with van der Waals surface area (Å²) >= 11 is 4.43. The van der Waals surface area contributed by atoms with Crippen molar-refractivity contribution in [1.29, 1.82) is 0 Å². The molecule has 7 heteroatoms. The van der Waals surface area contributed by atoms with Crippen LogP contribution in [0.4, 0.5) is 9.59 Å². The first-order chi connectivity index (χ1) is 11.0. The van der Waals surface area contributed by atoms with Crippen LogP contribution in [0.5, 0.6) is 0 Å². The normalized spacial score (nSPS) is 20.3. The van der Waals surface area contributed by atoms with Gasteiger partial charge in [-0.2, -0.15) is 12.6 Å². The third-order valence-corrected chi connectivity index (χ3v) is 3.63. The summed E-state index contributed by atoms with van der Waals surface area (Å²) in [5.74, 6) is 0. The van der Waals surface area contributed by atoms with Gasteiger partial charge in [-0.1, -0.05) is 37.5 Å². The molecule has 23 heavy (non-hydrogen) atoms. The van der Waals surface area contributed by atoms with Gasteiger partial charge in [0.1, 0.15) is 13.2 Å². The van der Waals surface area contributed by atoms with Crippen molar-refractivity contribution in [3.05, 3.63) is 37.5 Å². The van der Waals surface area contributed by atoms with Gasteiger partial charge in [0.2, 0.25) is 0 Å². The fourth-order valence-corrected chi connectivity index (χ4v) is 2.53. The van der Waals surface area contributed by atoms with E-state index in [1.807, 2.05) is 12.2 Å². The Morgan fingerprint density at radius 3 is 2.61 bits per heavy atom. The molecule has 2 amide bonds. The summed E-state index contributed by atoms with van der Waals surface area (Å²) in [5.41, 5.74) is 0. The number of carbonyl (C=O) groups excluding carboxylic acids is 2. The molecule has 2 atom stereocenters. The van der Waals surface area contributed by atoms with Gasteiger partial charge in [0.05, 0.1) is 6.04 Å². The van der Waals surface area contributed by atoms with Crippen molar-refractivity contribution < 1.29 is 19.1 Å². The fraction of sp³-hybridized carbons (Fsp3) is 0.500. The maximum Gasteiger partial charge on any atom is 0.410 e. The van der Waals surface area contributed by atoms with Gasteiger partial charge in [0.15, 0.2) is 0 Å². The van der Waals surface area contributed by atoms with Gasteiger partial charge >= 0.3 is 12.2 Å². The average molecular weight is 340 g/mol. The van der Waals surface area contributed by atoms with Crippen LogP contribution in [0, 0.1) is 0 Å². The van der Waals surface area contributed by atoms with E-state index >= 15 is 0 Å². The highest BCUT2D eigenvalue weighted by Crippen LogP contribution is 2.23. The van der Waals surface area contributed by atoms with E-state index in [9.17, 15) is 9.59 Å². The van der Waals surface area contributed by atoms with E-state index in [-0.39, 0.29) is 30.6 Å². The molecule has 128 valence electrons. The Morgan fingerprint density at radius 1 is 1.30 bits per heavy atom. The minimum atomic E-state index is -0.421. The van der Waals surface area contributed by atoms with Gasteiger partial charge in [-0.3, -0.25) is 0 Å².